The molecular weight excluding hydrogens is 446 g/mol. The van der Waals surface area contributed by atoms with E-state index in [4.69, 9.17) is 4.74 Å². The van der Waals surface area contributed by atoms with E-state index in [9.17, 15) is 13.2 Å². The van der Waals surface area contributed by atoms with Crippen LogP contribution in [0.5, 0.6) is 5.75 Å². The molecule has 33 heavy (non-hydrogen) atoms. The maximum atomic E-state index is 11.8. The van der Waals surface area contributed by atoms with Crippen molar-refractivity contribution in [2.24, 2.45) is 5.92 Å². The molecule has 0 radical (unpaired) electrons. The third-order valence-corrected chi connectivity index (χ3v) is 5.50. The van der Waals surface area contributed by atoms with Gasteiger partial charge in [-0.3, -0.25) is 13.9 Å². The lowest BCUT2D eigenvalue weighted by molar-refractivity contribution is -0.121. The van der Waals surface area contributed by atoms with E-state index in [1.807, 2.05) is 25.2 Å². The minimum absolute atomic E-state index is 0.0773. The molecule has 0 aliphatic heterocycles. The van der Waals surface area contributed by atoms with Crippen LogP contribution in [0.3, 0.4) is 0 Å². The number of nitrogens with one attached hydrogen (secondary N) is 3. The SMILES string of the molecule is COc1cc2nc(NCCCCNC(=O)CC(C)C)c3nnc(C)n3c2cc1NS(C)(=O)=O. The first-order chi connectivity index (χ1) is 15.6. The van der Waals surface area contributed by atoms with E-state index in [0.717, 1.165) is 19.1 Å². The Labute approximate surface area is 193 Å². The number of ether oxygens (including phenoxy) is 1. The minimum Gasteiger partial charge on any atom is -0.494 e. The largest absolute Gasteiger partial charge is 0.494 e. The Morgan fingerprint density at radius 1 is 1.18 bits per heavy atom. The number of rotatable bonds is 11. The van der Waals surface area contributed by atoms with Crippen LogP contribution in [0.25, 0.3) is 16.7 Å². The lowest BCUT2D eigenvalue weighted by atomic mass is 10.1. The summed E-state index contributed by atoms with van der Waals surface area (Å²) < 4.78 is 33.2. The van der Waals surface area contributed by atoms with E-state index in [1.165, 1.54) is 7.11 Å². The fraction of sp³-hybridized carbons (Fsp3) is 0.524. The number of fused-ring (bicyclic) bond motifs is 3. The zero-order valence-corrected chi connectivity index (χ0v) is 20.4. The van der Waals surface area contributed by atoms with Crippen LogP contribution in [0.2, 0.25) is 0 Å². The van der Waals surface area contributed by atoms with Gasteiger partial charge in [0.25, 0.3) is 0 Å². The molecule has 2 heterocycles. The number of aryl methyl sites for hydroxylation is 1. The van der Waals surface area contributed by atoms with Crippen molar-refractivity contribution in [1.29, 1.82) is 0 Å². The number of carbonyl (C=O) groups is 1. The molecule has 0 unspecified atom stereocenters. The van der Waals surface area contributed by atoms with Gasteiger partial charge in [-0.05, 0) is 31.7 Å². The lowest BCUT2D eigenvalue weighted by Gasteiger charge is -2.14. The second kappa shape index (κ2) is 10.2. The zero-order valence-electron chi connectivity index (χ0n) is 19.6. The average molecular weight is 478 g/mol. The molecule has 0 aliphatic rings. The summed E-state index contributed by atoms with van der Waals surface area (Å²) >= 11 is 0. The van der Waals surface area contributed by atoms with Gasteiger partial charge in [-0.15, -0.1) is 10.2 Å². The summed E-state index contributed by atoms with van der Waals surface area (Å²) in [5.74, 6) is 1.99. The van der Waals surface area contributed by atoms with E-state index in [2.05, 4.69) is 30.5 Å². The molecule has 3 aromatic rings. The fourth-order valence-electron chi connectivity index (χ4n) is 3.50. The van der Waals surface area contributed by atoms with Crippen LogP contribution in [-0.2, 0) is 14.8 Å². The number of amides is 1. The smallest absolute Gasteiger partial charge is 0.229 e. The molecule has 3 rings (SSSR count). The van der Waals surface area contributed by atoms with Crippen LogP contribution in [0, 0.1) is 12.8 Å². The van der Waals surface area contributed by atoms with Crippen LogP contribution in [0.1, 0.15) is 38.9 Å². The summed E-state index contributed by atoms with van der Waals surface area (Å²) in [5, 5.41) is 14.6. The molecule has 0 aliphatic carbocycles. The van der Waals surface area contributed by atoms with Gasteiger partial charge >= 0.3 is 0 Å². The van der Waals surface area contributed by atoms with E-state index < -0.39 is 10.0 Å². The number of methoxy groups -OCH3 is 1. The van der Waals surface area contributed by atoms with Gasteiger partial charge in [0.15, 0.2) is 5.82 Å². The van der Waals surface area contributed by atoms with Gasteiger partial charge in [0.1, 0.15) is 11.6 Å². The Balaban J connectivity index is 1.79. The van der Waals surface area contributed by atoms with Crippen LogP contribution in [0.15, 0.2) is 12.1 Å². The lowest BCUT2D eigenvalue weighted by Crippen LogP contribution is -2.25. The number of hydrogen-bond acceptors (Lipinski definition) is 8. The minimum atomic E-state index is -3.50. The molecule has 3 N–H and O–H groups in total. The second-order valence-corrected chi connectivity index (χ2v) is 10.1. The highest BCUT2D eigenvalue weighted by Crippen LogP contribution is 2.32. The second-order valence-electron chi connectivity index (χ2n) is 8.36. The van der Waals surface area contributed by atoms with E-state index >= 15 is 0 Å². The maximum Gasteiger partial charge on any atom is 0.229 e. The van der Waals surface area contributed by atoms with Crippen molar-refractivity contribution in [2.75, 3.05) is 36.5 Å². The molecule has 11 nitrogen and oxygen atoms in total. The van der Waals surface area contributed by atoms with Gasteiger partial charge in [0.2, 0.25) is 21.6 Å². The summed E-state index contributed by atoms with van der Waals surface area (Å²) in [4.78, 5) is 16.4. The molecule has 0 saturated heterocycles. The van der Waals surface area contributed by atoms with Crippen LogP contribution in [-0.4, -0.2) is 60.4 Å². The van der Waals surface area contributed by atoms with Gasteiger partial charge in [0.05, 0.1) is 30.1 Å². The fourth-order valence-corrected chi connectivity index (χ4v) is 4.05. The highest BCUT2D eigenvalue weighted by atomic mass is 32.2. The summed E-state index contributed by atoms with van der Waals surface area (Å²) in [5.41, 5.74) is 2.10. The monoisotopic (exact) mass is 477 g/mol. The third kappa shape index (κ3) is 6.21. The van der Waals surface area contributed by atoms with Gasteiger partial charge in [0, 0.05) is 25.6 Å². The molecule has 0 spiro atoms. The highest BCUT2D eigenvalue weighted by Gasteiger charge is 2.17. The van der Waals surface area contributed by atoms with Gasteiger partial charge in [-0.1, -0.05) is 13.8 Å². The summed E-state index contributed by atoms with van der Waals surface area (Å²) in [6.45, 7) is 7.13. The molecule has 1 amide bonds. The molecule has 1 aromatic carbocycles. The first-order valence-corrected chi connectivity index (χ1v) is 12.7. The molecule has 12 heteroatoms. The Morgan fingerprint density at radius 3 is 2.58 bits per heavy atom. The topological polar surface area (TPSA) is 140 Å². The summed E-state index contributed by atoms with van der Waals surface area (Å²) in [7, 11) is -2.03. The molecular formula is C21H31N7O4S. The van der Waals surface area contributed by atoms with Crippen molar-refractivity contribution in [1.82, 2.24) is 24.9 Å². The molecule has 0 saturated carbocycles. The van der Waals surface area contributed by atoms with Gasteiger partial charge < -0.3 is 15.4 Å². The molecule has 2 aromatic heterocycles. The van der Waals surface area contributed by atoms with Crippen molar-refractivity contribution in [3.63, 3.8) is 0 Å². The highest BCUT2D eigenvalue weighted by molar-refractivity contribution is 7.92. The summed E-state index contributed by atoms with van der Waals surface area (Å²) in [6.07, 6.45) is 3.29. The Morgan fingerprint density at radius 2 is 1.91 bits per heavy atom. The summed E-state index contributed by atoms with van der Waals surface area (Å²) in [6, 6.07) is 3.34. The Hall–Kier alpha value is -3.15. The van der Waals surface area contributed by atoms with E-state index in [0.29, 0.717) is 65.2 Å². The zero-order chi connectivity index (χ0) is 24.2. The Kier molecular flexibility index (Phi) is 7.57. The first kappa shape index (κ1) is 24.5. The molecule has 180 valence electrons. The Bertz CT molecular complexity index is 1250. The van der Waals surface area contributed by atoms with Gasteiger partial charge in [-0.2, -0.15) is 0 Å². The van der Waals surface area contributed by atoms with Crippen molar-refractivity contribution in [3.05, 3.63) is 18.0 Å². The van der Waals surface area contributed by atoms with E-state index in [-0.39, 0.29) is 5.91 Å². The first-order valence-electron chi connectivity index (χ1n) is 10.8. The number of hydrogen-bond donors (Lipinski definition) is 3. The predicted molar refractivity (Wildman–Crippen MR) is 128 cm³/mol. The third-order valence-electron chi connectivity index (χ3n) is 4.91. The van der Waals surface area contributed by atoms with Crippen molar-refractivity contribution in [2.45, 2.75) is 40.0 Å². The number of nitrogens with zero attached hydrogens (tertiary/aromatic N) is 4. The number of benzene rings is 1. The number of unbranched alkanes of at least 4 members (excludes halogenated alkanes) is 1. The predicted octanol–water partition coefficient (Wildman–Crippen LogP) is 2.32. The van der Waals surface area contributed by atoms with Gasteiger partial charge in [-0.25, -0.2) is 13.4 Å². The average Bonchev–Trinajstić information content (AvgIpc) is 3.10. The number of aromatic nitrogens is 4. The van der Waals surface area contributed by atoms with Crippen LogP contribution >= 0.6 is 0 Å². The van der Waals surface area contributed by atoms with Crippen LogP contribution < -0.4 is 20.1 Å². The number of sulfonamides is 1. The van der Waals surface area contributed by atoms with Crippen molar-refractivity contribution < 1.29 is 17.9 Å². The van der Waals surface area contributed by atoms with Crippen molar-refractivity contribution in [3.8, 4) is 5.75 Å². The molecule has 0 fully saturated rings. The number of anilines is 2. The molecule has 0 atom stereocenters. The quantitative estimate of drug-likeness (QED) is 0.358. The standard InChI is InChI=1S/C21H31N7O4S/c1-13(2)10-19(29)22-8-6-7-9-23-20-21-26-25-14(3)28(21)17-11-16(27-33(5,30)31)18(32-4)12-15(17)24-20/h11-13,27H,6-10H2,1-5H3,(H,22,29)(H,23,24). The normalized spacial score (nSPS) is 11.8. The molecule has 0 bridgehead atoms. The van der Waals surface area contributed by atoms with E-state index in [1.54, 1.807) is 12.1 Å². The van der Waals surface area contributed by atoms with Crippen LogP contribution in [0.4, 0.5) is 11.5 Å². The maximum absolute atomic E-state index is 11.8. The van der Waals surface area contributed by atoms with Crippen molar-refractivity contribution >= 4 is 44.1 Å². The number of carbonyl (C=O) groups excluding carboxylic acids is 1.